The molecular formula is C30H31FO4. The number of esters is 1. The van der Waals surface area contributed by atoms with Gasteiger partial charge in [-0.05, 0) is 84.0 Å². The summed E-state index contributed by atoms with van der Waals surface area (Å²) in [5.74, 6) is 1.78. The lowest BCUT2D eigenvalue weighted by Crippen LogP contribution is -2.24. The van der Waals surface area contributed by atoms with Gasteiger partial charge in [0.05, 0.1) is 20.6 Å². The maximum atomic E-state index is 14.4. The lowest BCUT2D eigenvalue weighted by Gasteiger charge is -2.34. The Labute approximate surface area is 206 Å². The summed E-state index contributed by atoms with van der Waals surface area (Å²) in [5.41, 5.74) is 4.74. The van der Waals surface area contributed by atoms with Crippen molar-refractivity contribution in [2.24, 2.45) is 5.92 Å². The molecule has 182 valence electrons. The van der Waals surface area contributed by atoms with Gasteiger partial charge >= 0.3 is 5.97 Å². The normalized spacial score (nSPS) is 18.1. The Hall–Kier alpha value is -3.34. The highest BCUT2D eigenvalue weighted by atomic mass is 19.1. The average molecular weight is 475 g/mol. The predicted octanol–water partition coefficient (Wildman–Crippen LogP) is 7.01. The molecule has 1 aliphatic heterocycles. The fourth-order valence-electron chi connectivity index (χ4n) is 5.24. The Kier molecular flexibility index (Phi) is 6.76. The zero-order valence-electron chi connectivity index (χ0n) is 20.3. The second-order valence-electron chi connectivity index (χ2n) is 9.56. The van der Waals surface area contributed by atoms with Crippen molar-refractivity contribution in [3.8, 4) is 22.6 Å². The third-order valence-corrected chi connectivity index (χ3v) is 7.56. The van der Waals surface area contributed by atoms with Crippen molar-refractivity contribution in [1.82, 2.24) is 0 Å². The fraction of sp³-hybridized carbons (Fsp3) is 0.367. The fourth-order valence-corrected chi connectivity index (χ4v) is 5.24. The molecule has 1 fully saturated rings. The molecule has 2 aliphatic rings. The molecule has 5 rings (SSSR count). The first-order chi connectivity index (χ1) is 17.1. The van der Waals surface area contributed by atoms with Crippen LogP contribution in [-0.4, -0.2) is 20.2 Å². The molecule has 0 unspecified atom stereocenters. The second-order valence-corrected chi connectivity index (χ2v) is 9.56. The van der Waals surface area contributed by atoms with Gasteiger partial charge in [0, 0.05) is 5.56 Å². The summed E-state index contributed by atoms with van der Waals surface area (Å²) in [6.45, 7) is 0. The number of carbonyl (C=O) groups excluding carboxylic acids is 1. The van der Waals surface area contributed by atoms with Gasteiger partial charge in [0.2, 0.25) is 0 Å². The van der Waals surface area contributed by atoms with E-state index in [1.165, 1.54) is 25.2 Å². The van der Waals surface area contributed by atoms with Crippen molar-refractivity contribution in [3.05, 3.63) is 83.2 Å². The highest BCUT2D eigenvalue weighted by molar-refractivity contribution is 5.70. The van der Waals surface area contributed by atoms with Crippen LogP contribution in [0.15, 0.2) is 60.7 Å². The van der Waals surface area contributed by atoms with Gasteiger partial charge in [0.1, 0.15) is 23.4 Å². The highest BCUT2D eigenvalue weighted by Crippen LogP contribution is 2.44. The smallest absolute Gasteiger partial charge is 0.306 e. The van der Waals surface area contributed by atoms with Crippen LogP contribution in [0.4, 0.5) is 4.39 Å². The molecule has 0 N–H and O–H groups in total. The highest BCUT2D eigenvalue weighted by Gasteiger charge is 2.32. The Morgan fingerprint density at radius 3 is 2.51 bits per heavy atom. The minimum atomic E-state index is -0.276. The van der Waals surface area contributed by atoms with Crippen LogP contribution < -0.4 is 9.47 Å². The number of hydrogen-bond acceptors (Lipinski definition) is 4. The molecule has 0 bridgehead atoms. The van der Waals surface area contributed by atoms with E-state index in [0.717, 1.165) is 48.1 Å². The monoisotopic (exact) mass is 474 g/mol. The lowest BCUT2D eigenvalue weighted by atomic mass is 9.71. The minimum Gasteiger partial charge on any atom is -0.497 e. The summed E-state index contributed by atoms with van der Waals surface area (Å²) in [5, 5.41) is 0. The van der Waals surface area contributed by atoms with E-state index in [0.29, 0.717) is 23.7 Å². The van der Waals surface area contributed by atoms with Gasteiger partial charge in [-0.25, -0.2) is 4.39 Å². The number of rotatable bonds is 7. The molecule has 0 aromatic heterocycles. The molecule has 1 aliphatic carbocycles. The van der Waals surface area contributed by atoms with Gasteiger partial charge in [0.25, 0.3) is 0 Å². The third-order valence-electron chi connectivity index (χ3n) is 7.56. The zero-order chi connectivity index (χ0) is 24.4. The number of carbonyl (C=O) groups is 1. The molecule has 0 radical (unpaired) electrons. The number of methoxy groups -OCH3 is 2. The van der Waals surface area contributed by atoms with E-state index in [-0.39, 0.29) is 23.8 Å². The van der Waals surface area contributed by atoms with E-state index in [1.54, 1.807) is 19.2 Å². The van der Waals surface area contributed by atoms with Crippen LogP contribution in [0.5, 0.6) is 11.5 Å². The van der Waals surface area contributed by atoms with Crippen molar-refractivity contribution < 1.29 is 23.4 Å². The van der Waals surface area contributed by atoms with Crippen LogP contribution in [0.1, 0.15) is 60.8 Å². The van der Waals surface area contributed by atoms with E-state index in [1.807, 2.05) is 24.3 Å². The first kappa shape index (κ1) is 23.4. The molecule has 0 spiro atoms. The number of ether oxygens (including phenoxy) is 3. The molecule has 1 saturated carbocycles. The summed E-state index contributed by atoms with van der Waals surface area (Å²) in [7, 11) is 3.03. The molecule has 1 heterocycles. The summed E-state index contributed by atoms with van der Waals surface area (Å²) in [6.07, 6.45) is 5.69. The van der Waals surface area contributed by atoms with Gasteiger partial charge < -0.3 is 14.2 Å². The number of fused-ring (bicyclic) bond motifs is 1. The van der Waals surface area contributed by atoms with E-state index in [9.17, 15) is 9.18 Å². The van der Waals surface area contributed by atoms with Gasteiger partial charge in [-0.2, -0.15) is 0 Å². The molecule has 2 atom stereocenters. The predicted molar refractivity (Wildman–Crippen MR) is 133 cm³/mol. The van der Waals surface area contributed by atoms with Crippen LogP contribution in [0.2, 0.25) is 0 Å². The lowest BCUT2D eigenvalue weighted by molar-refractivity contribution is -0.141. The van der Waals surface area contributed by atoms with Gasteiger partial charge in [-0.3, -0.25) is 4.79 Å². The minimum absolute atomic E-state index is 0.0651. The van der Waals surface area contributed by atoms with Crippen molar-refractivity contribution >= 4 is 5.97 Å². The topological polar surface area (TPSA) is 44.8 Å². The standard InChI is InChI=1S/C30H31FO4/c1-33-24-13-14-27(31)26(17-24)20-6-8-21(9-7-20)28-15-12-22-10-11-23(16-29(22)35-28)25(18-30(32)34-2)19-4-3-5-19/h6-11,13-14,16-17,19,25,28H,3-5,12,15,18H2,1-2H3/t25-,28-/m1/s1. The molecule has 3 aromatic carbocycles. The van der Waals surface area contributed by atoms with Gasteiger partial charge in [0.15, 0.2) is 0 Å². The zero-order valence-corrected chi connectivity index (χ0v) is 20.3. The molecule has 0 saturated heterocycles. The van der Waals surface area contributed by atoms with E-state index < -0.39 is 0 Å². The van der Waals surface area contributed by atoms with Crippen LogP contribution in [-0.2, 0) is 16.0 Å². The number of hydrogen-bond donors (Lipinski definition) is 0. The SMILES string of the molecule is COC(=O)C[C@@H](c1ccc2c(c1)O[C@@H](c1ccc(-c3cc(OC)ccc3F)cc1)CC2)C1CCC1. The molecule has 4 nitrogen and oxygen atoms in total. The quantitative estimate of drug-likeness (QED) is 0.345. The molecule has 5 heteroatoms. The average Bonchev–Trinajstić information content (AvgIpc) is 2.87. The maximum absolute atomic E-state index is 14.4. The van der Waals surface area contributed by atoms with Crippen LogP contribution in [0.25, 0.3) is 11.1 Å². The first-order valence-electron chi connectivity index (χ1n) is 12.4. The molecular weight excluding hydrogens is 443 g/mol. The Morgan fingerprint density at radius 1 is 1.03 bits per heavy atom. The van der Waals surface area contributed by atoms with E-state index in [2.05, 4.69) is 18.2 Å². The Morgan fingerprint density at radius 2 is 1.83 bits per heavy atom. The summed E-state index contributed by atoms with van der Waals surface area (Å²) in [6, 6.07) is 19.1. The first-order valence-corrected chi connectivity index (χ1v) is 12.4. The molecule has 35 heavy (non-hydrogen) atoms. The number of aryl methyl sites for hydroxylation is 1. The third kappa shape index (κ3) is 4.90. The van der Waals surface area contributed by atoms with Crippen molar-refractivity contribution in [3.63, 3.8) is 0 Å². The molecule has 3 aromatic rings. The number of halogens is 1. The van der Waals surface area contributed by atoms with Crippen molar-refractivity contribution in [2.75, 3.05) is 14.2 Å². The van der Waals surface area contributed by atoms with Gasteiger partial charge in [-0.15, -0.1) is 0 Å². The van der Waals surface area contributed by atoms with Crippen LogP contribution >= 0.6 is 0 Å². The van der Waals surface area contributed by atoms with E-state index >= 15 is 0 Å². The summed E-state index contributed by atoms with van der Waals surface area (Å²) < 4.78 is 31.1. The molecule has 0 amide bonds. The van der Waals surface area contributed by atoms with Crippen LogP contribution in [0, 0.1) is 11.7 Å². The van der Waals surface area contributed by atoms with Crippen molar-refractivity contribution in [2.45, 2.75) is 50.5 Å². The maximum Gasteiger partial charge on any atom is 0.306 e. The summed E-state index contributed by atoms with van der Waals surface area (Å²) >= 11 is 0. The second kappa shape index (κ2) is 10.1. The number of benzene rings is 3. The van der Waals surface area contributed by atoms with Gasteiger partial charge in [-0.1, -0.05) is 42.8 Å². The van der Waals surface area contributed by atoms with Crippen molar-refractivity contribution in [1.29, 1.82) is 0 Å². The van der Waals surface area contributed by atoms with E-state index in [4.69, 9.17) is 14.2 Å². The largest absolute Gasteiger partial charge is 0.497 e. The Balaban J connectivity index is 1.35. The van der Waals surface area contributed by atoms with Crippen LogP contribution in [0.3, 0.4) is 0 Å². The summed E-state index contributed by atoms with van der Waals surface area (Å²) in [4.78, 5) is 12.1. The Bertz CT molecular complexity index is 1200.